The van der Waals surface area contributed by atoms with Crippen LogP contribution in [0, 0.1) is 0 Å². The lowest BCUT2D eigenvalue weighted by Crippen LogP contribution is -2.62. The van der Waals surface area contributed by atoms with Gasteiger partial charge in [0.15, 0.2) is 0 Å². The number of rotatable bonds is 4. The van der Waals surface area contributed by atoms with Gasteiger partial charge in [-0.3, -0.25) is 14.5 Å². The van der Waals surface area contributed by atoms with E-state index in [0.717, 1.165) is 18.0 Å². The standard InChI is InChI=1S/C17H25N3O3S/c1-2-18-5-6-20(16(21)12-14-4-3-11-24-14)15(13-18)17(22)19-7-9-23-10-8-19/h3-4,11,15H,2,5-10,12-13H2,1H3. The summed E-state index contributed by atoms with van der Waals surface area (Å²) in [6, 6.07) is 3.56. The molecule has 1 unspecified atom stereocenters. The monoisotopic (exact) mass is 351 g/mol. The van der Waals surface area contributed by atoms with E-state index in [1.165, 1.54) is 0 Å². The fourth-order valence-electron chi connectivity index (χ4n) is 3.29. The molecule has 2 fully saturated rings. The van der Waals surface area contributed by atoms with Crippen molar-refractivity contribution in [2.24, 2.45) is 0 Å². The molecule has 132 valence electrons. The first kappa shape index (κ1) is 17.4. The number of hydrogen-bond acceptors (Lipinski definition) is 5. The molecule has 0 N–H and O–H groups in total. The summed E-state index contributed by atoms with van der Waals surface area (Å²) in [6.45, 7) is 7.49. The molecule has 0 saturated carbocycles. The van der Waals surface area contributed by atoms with Gasteiger partial charge in [0, 0.05) is 37.6 Å². The van der Waals surface area contributed by atoms with Crippen molar-refractivity contribution in [2.75, 3.05) is 52.5 Å². The molecule has 3 rings (SSSR count). The van der Waals surface area contributed by atoms with Crippen molar-refractivity contribution in [2.45, 2.75) is 19.4 Å². The highest BCUT2D eigenvalue weighted by Crippen LogP contribution is 2.17. The van der Waals surface area contributed by atoms with Crippen molar-refractivity contribution < 1.29 is 14.3 Å². The Morgan fingerprint density at radius 1 is 1.25 bits per heavy atom. The predicted molar refractivity (Wildman–Crippen MR) is 93.0 cm³/mol. The van der Waals surface area contributed by atoms with Crippen LogP contribution in [0.2, 0.25) is 0 Å². The highest BCUT2D eigenvalue weighted by atomic mass is 32.1. The summed E-state index contributed by atoms with van der Waals surface area (Å²) in [5, 5.41) is 1.98. The van der Waals surface area contributed by atoms with Gasteiger partial charge < -0.3 is 14.5 Å². The fourth-order valence-corrected chi connectivity index (χ4v) is 3.99. The predicted octanol–water partition coefficient (Wildman–Crippen LogP) is 0.682. The minimum Gasteiger partial charge on any atom is -0.378 e. The summed E-state index contributed by atoms with van der Waals surface area (Å²) in [7, 11) is 0. The summed E-state index contributed by atoms with van der Waals surface area (Å²) in [4.78, 5) is 32.7. The zero-order valence-corrected chi connectivity index (χ0v) is 15.0. The van der Waals surface area contributed by atoms with Gasteiger partial charge in [0.1, 0.15) is 6.04 Å². The normalized spacial score (nSPS) is 22.6. The second kappa shape index (κ2) is 8.09. The maximum absolute atomic E-state index is 13.0. The molecule has 7 heteroatoms. The maximum atomic E-state index is 13.0. The van der Waals surface area contributed by atoms with Crippen LogP contribution in [0.1, 0.15) is 11.8 Å². The van der Waals surface area contributed by atoms with E-state index in [0.29, 0.717) is 45.8 Å². The van der Waals surface area contributed by atoms with Gasteiger partial charge in [-0.25, -0.2) is 0 Å². The van der Waals surface area contributed by atoms with Gasteiger partial charge >= 0.3 is 0 Å². The number of piperazine rings is 1. The third-order valence-corrected chi connectivity index (χ3v) is 5.62. The van der Waals surface area contributed by atoms with Gasteiger partial charge in [-0.1, -0.05) is 13.0 Å². The molecular weight excluding hydrogens is 326 g/mol. The highest BCUT2D eigenvalue weighted by Gasteiger charge is 2.37. The molecule has 24 heavy (non-hydrogen) atoms. The summed E-state index contributed by atoms with van der Waals surface area (Å²) >= 11 is 1.59. The Kier molecular flexibility index (Phi) is 5.86. The highest BCUT2D eigenvalue weighted by molar-refractivity contribution is 7.10. The molecule has 0 aromatic carbocycles. The zero-order valence-electron chi connectivity index (χ0n) is 14.1. The molecule has 1 atom stereocenters. The SMILES string of the molecule is CCN1CCN(C(=O)Cc2cccs2)C(C(=O)N2CCOCC2)C1. The van der Waals surface area contributed by atoms with Gasteiger partial charge in [-0.2, -0.15) is 0 Å². The molecule has 1 aromatic rings. The lowest BCUT2D eigenvalue weighted by atomic mass is 10.1. The maximum Gasteiger partial charge on any atom is 0.246 e. The van der Waals surface area contributed by atoms with Crippen molar-refractivity contribution in [1.29, 1.82) is 0 Å². The molecule has 0 radical (unpaired) electrons. The molecule has 0 bridgehead atoms. The van der Waals surface area contributed by atoms with Gasteiger partial charge in [-0.15, -0.1) is 11.3 Å². The zero-order chi connectivity index (χ0) is 16.9. The van der Waals surface area contributed by atoms with Crippen LogP contribution in [0.3, 0.4) is 0 Å². The van der Waals surface area contributed by atoms with Crippen molar-refractivity contribution in [3.63, 3.8) is 0 Å². The Morgan fingerprint density at radius 3 is 2.71 bits per heavy atom. The van der Waals surface area contributed by atoms with E-state index in [1.807, 2.05) is 22.4 Å². The number of amides is 2. The molecule has 2 saturated heterocycles. The van der Waals surface area contributed by atoms with E-state index in [4.69, 9.17) is 4.74 Å². The van der Waals surface area contributed by atoms with Crippen LogP contribution in [0.5, 0.6) is 0 Å². The molecule has 2 amide bonds. The van der Waals surface area contributed by atoms with Gasteiger partial charge in [0.25, 0.3) is 0 Å². The number of morpholine rings is 1. The average Bonchev–Trinajstić information content (AvgIpc) is 3.14. The van der Waals surface area contributed by atoms with Crippen LogP contribution in [-0.4, -0.2) is 85.0 Å². The Hall–Kier alpha value is -1.44. The van der Waals surface area contributed by atoms with Gasteiger partial charge in [0.05, 0.1) is 19.6 Å². The van der Waals surface area contributed by atoms with Crippen LogP contribution < -0.4 is 0 Å². The Morgan fingerprint density at radius 2 is 2.04 bits per heavy atom. The number of hydrogen-bond donors (Lipinski definition) is 0. The molecule has 1 aromatic heterocycles. The van der Waals surface area contributed by atoms with E-state index in [9.17, 15) is 9.59 Å². The van der Waals surface area contributed by atoms with Crippen LogP contribution >= 0.6 is 11.3 Å². The number of carbonyl (C=O) groups is 2. The first-order valence-electron chi connectivity index (χ1n) is 8.59. The number of thiophene rings is 1. The first-order chi connectivity index (χ1) is 11.7. The number of ether oxygens (including phenoxy) is 1. The minimum atomic E-state index is -0.371. The average molecular weight is 351 g/mol. The summed E-state index contributed by atoms with van der Waals surface area (Å²) in [6.07, 6.45) is 0.386. The van der Waals surface area contributed by atoms with E-state index in [2.05, 4.69) is 11.8 Å². The van der Waals surface area contributed by atoms with Crippen LogP contribution in [-0.2, 0) is 20.7 Å². The van der Waals surface area contributed by atoms with Crippen LogP contribution in [0.4, 0.5) is 0 Å². The molecule has 2 aliphatic heterocycles. The summed E-state index contributed by atoms with van der Waals surface area (Å²) < 4.78 is 5.34. The van der Waals surface area contributed by atoms with Crippen molar-refractivity contribution >= 4 is 23.2 Å². The number of nitrogens with zero attached hydrogens (tertiary/aromatic N) is 3. The molecule has 0 spiro atoms. The van der Waals surface area contributed by atoms with Gasteiger partial charge in [-0.05, 0) is 18.0 Å². The lowest BCUT2D eigenvalue weighted by Gasteiger charge is -2.42. The van der Waals surface area contributed by atoms with Crippen LogP contribution in [0.25, 0.3) is 0 Å². The molecule has 2 aliphatic rings. The largest absolute Gasteiger partial charge is 0.378 e. The quantitative estimate of drug-likeness (QED) is 0.801. The molecule has 6 nitrogen and oxygen atoms in total. The van der Waals surface area contributed by atoms with Crippen LogP contribution in [0.15, 0.2) is 17.5 Å². The second-order valence-corrected chi connectivity index (χ2v) is 7.22. The second-order valence-electron chi connectivity index (χ2n) is 6.19. The molecular formula is C17H25N3O3S. The van der Waals surface area contributed by atoms with E-state index >= 15 is 0 Å². The van der Waals surface area contributed by atoms with E-state index in [1.54, 1.807) is 16.2 Å². The van der Waals surface area contributed by atoms with Gasteiger partial charge in [0.2, 0.25) is 11.8 Å². The third kappa shape index (κ3) is 3.96. The topological polar surface area (TPSA) is 53.1 Å². The number of likely N-dealkylation sites (N-methyl/N-ethyl adjacent to an activating group) is 1. The van der Waals surface area contributed by atoms with Crippen molar-refractivity contribution in [3.8, 4) is 0 Å². The smallest absolute Gasteiger partial charge is 0.246 e. The first-order valence-corrected chi connectivity index (χ1v) is 9.47. The molecule has 3 heterocycles. The Labute approximate surface area is 147 Å². The number of carbonyl (C=O) groups excluding carboxylic acids is 2. The van der Waals surface area contributed by atoms with E-state index in [-0.39, 0.29) is 17.9 Å². The Balaban J connectivity index is 1.72. The fraction of sp³-hybridized carbons (Fsp3) is 0.647. The summed E-state index contributed by atoms with van der Waals surface area (Å²) in [5.41, 5.74) is 0. The van der Waals surface area contributed by atoms with E-state index < -0.39 is 0 Å². The summed E-state index contributed by atoms with van der Waals surface area (Å²) in [5.74, 6) is 0.121. The third-order valence-electron chi connectivity index (χ3n) is 4.75. The van der Waals surface area contributed by atoms with Crippen molar-refractivity contribution in [1.82, 2.24) is 14.7 Å². The molecule has 0 aliphatic carbocycles. The minimum absolute atomic E-state index is 0.0554. The lowest BCUT2D eigenvalue weighted by molar-refractivity contribution is -0.151. The van der Waals surface area contributed by atoms with Crippen molar-refractivity contribution in [3.05, 3.63) is 22.4 Å². The Bertz CT molecular complexity index is 557.